The van der Waals surface area contributed by atoms with Crippen molar-refractivity contribution in [2.75, 3.05) is 27.9 Å². The molecule has 0 fully saturated rings. The quantitative estimate of drug-likeness (QED) is 0.618. The Labute approximate surface area is 114 Å². The zero-order valence-electron chi connectivity index (χ0n) is 11.3. The van der Waals surface area contributed by atoms with Crippen LogP contribution in [0.25, 0.3) is 0 Å². The molecule has 0 spiro atoms. The predicted octanol–water partition coefficient (Wildman–Crippen LogP) is 2.30. The van der Waals surface area contributed by atoms with Gasteiger partial charge in [-0.15, -0.1) is 0 Å². The summed E-state index contributed by atoms with van der Waals surface area (Å²) in [6.07, 6.45) is -4.38. The molecule has 5 nitrogen and oxygen atoms in total. The Morgan fingerprint density at radius 1 is 0.950 bits per heavy atom. The molecule has 0 atom stereocenters. The zero-order valence-corrected chi connectivity index (χ0v) is 11.3. The van der Waals surface area contributed by atoms with Crippen LogP contribution in [-0.2, 0) is 11.4 Å². The molecule has 1 rings (SSSR count). The van der Waals surface area contributed by atoms with Crippen molar-refractivity contribution in [3.8, 4) is 17.2 Å². The molecule has 114 valence electrons. The van der Waals surface area contributed by atoms with Crippen molar-refractivity contribution >= 4 is 0 Å². The molecule has 0 saturated carbocycles. The molecule has 0 aliphatic carbocycles. The second-order valence-electron chi connectivity index (χ2n) is 3.74. The van der Waals surface area contributed by atoms with Crippen LogP contribution in [0, 0.1) is 0 Å². The summed E-state index contributed by atoms with van der Waals surface area (Å²) in [6.45, 7) is -1.35. The van der Waals surface area contributed by atoms with Gasteiger partial charge in [-0.1, -0.05) is 0 Å². The van der Waals surface area contributed by atoms with Crippen molar-refractivity contribution in [3.63, 3.8) is 0 Å². The summed E-state index contributed by atoms with van der Waals surface area (Å²) >= 11 is 0. The van der Waals surface area contributed by atoms with Gasteiger partial charge in [-0.25, -0.2) is 0 Å². The Balaban J connectivity index is 2.73. The molecule has 0 bridgehead atoms. The number of rotatable bonds is 7. The van der Waals surface area contributed by atoms with E-state index in [0.29, 0.717) is 22.8 Å². The molecule has 8 heteroatoms. The SMILES string of the molecule is COc1cc(OC)c(OC)cc1CNOCC(F)(F)F. The first-order chi connectivity index (χ1) is 9.41. The fourth-order valence-corrected chi connectivity index (χ4v) is 1.49. The number of benzene rings is 1. The van der Waals surface area contributed by atoms with Crippen LogP contribution in [0.1, 0.15) is 5.56 Å². The van der Waals surface area contributed by atoms with Gasteiger partial charge in [0.15, 0.2) is 18.1 Å². The predicted molar refractivity (Wildman–Crippen MR) is 64.9 cm³/mol. The van der Waals surface area contributed by atoms with E-state index in [1.165, 1.54) is 21.3 Å². The molecule has 0 aliphatic heterocycles. The minimum atomic E-state index is -4.38. The fourth-order valence-electron chi connectivity index (χ4n) is 1.49. The van der Waals surface area contributed by atoms with Crippen LogP contribution in [0.4, 0.5) is 13.2 Å². The molecular weight excluding hydrogens is 279 g/mol. The molecular formula is C12H16F3NO4. The number of nitrogens with one attached hydrogen (secondary N) is 1. The third-order valence-corrected chi connectivity index (χ3v) is 2.39. The summed E-state index contributed by atoms with van der Waals surface area (Å²) in [5.41, 5.74) is 2.80. The molecule has 1 aromatic rings. The summed E-state index contributed by atoms with van der Waals surface area (Å²) in [4.78, 5) is 4.33. The van der Waals surface area contributed by atoms with E-state index in [-0.39, 0.29) is 6.54 Å². The average molecular weight is 295 g/mol. The van der Waals surface area contributed by atoms with Crippen LogP contribution in [0.3, 0.4) is 0 Å². The van der Waals surface area contributed by atoms with Crippen molar-refractivity contribution in [3.05, 3.63) is 17.7 Å². The van der Waals surface area contributed by atoms with Gasteiger partial charge in [0, 0.05) is 18.2 Å². The van der Waals surface area contributed by atoms with E-state index in [1.54, 1.807) is 12.1 Å². The van der Waals surface area contributed by atoms with Gasteiger partial charge in [-0.2, -0.15) is 18.7 Å². The van der Waals surface area contributed by atoms with Gasteiger partial charge in [0.25, 0.3) is 0 Å². The highest BCUT2D eigenvalue weighted by molar-refractivity contribution is 5.50. The largest absolute Gasteiger partial charge is 0.496 e. The first-order valence-corrected chi connectivity index (χ1v) is 5.61. The summed E-state index contributed by atoms with van der Waals surface area (Å²) in [7, 11) is 4.38. The van der Waals surface area contributed by atoms with E-state index >= 15 is 0 Å². The molecule has 0 radical (unpaired) electrons. The van der Waals surface area contributed by atoms with E-state index in [2.05, 4.69) is 10.3 Å². The molecule has 0 unspecified atom stereocenters. The van der Waals surface area contributed by atoms with Gasteiger partial charge in [0.05, 0.1) is 21.3 Å². The highest BCUT2D eigenvalue weighted by Crippen LogP contribution is 2.34. The monoisotopic (exact) mass is 295 g/mol. The Morgan fingerprint density at radius 3 is 2.00 bits per heavy atom. The highest BCUT2D eigenvalue weighted by atomic mass is 19.4. The molecule has 0 heterocycles. The lowest BCUT2D eigenvalue weighted by Crippen LogP contribution is -2.24. The topological polar surface area (TPSA) is 49.0 Å². The van der Waals surface area contributed by atoms with Gasteiger partial charge in [-0.05, 0) is 6.07 Å². The maximum absolute atomic E-state index is 11.9. The molecule has 0 amide bonds. The first-order valence-electron chi connectivity index (χ1n) is 5.61. The van der Waals surface area contributed by atoms with Crippen LogP contribution in [-0.4, -0.2) is 34.1 Å². The van der Waals surface area contributed by atoms with Crippen molar-refractivity contribution in [2.45, 2.75) is 12.7 Å². The van der Waals surface area contributed by atoms with Crippen LogP contribution in [0.15, 0.2) is 12.1 Å². The van der Waals surface area contributed by atoms with Gasteiger partial charge in [0.2, 0.25) is 0 Å². The molecule has 1 N–H and O–H groups in total. The zero-order chi connectivity index (χ0) is 15.2. The van der Waals surface area contributed by atoms with Crippen LogP contribution < -0.4 is 19.7 Å². The lowest BCUT2D eigenvalue weighted by molar-refractivity contribution is -0.190. The third kappa shape index (κ3) is 4.78. The standard InChI is InChI=1S/C12H16F3NO4/c1-17-9-5-11(19-3)10(18-2)4-8(9)6-16-20-7-12(13,14)15/h4-5,16H,6-7H2,1-3H3. The first kappa shape index (κ1) is 16.4. The number of hydrogen-bond donors (Lipinski definition) is 1. The fraction of sp³-hybridized carbons (Fsp3) is 0.500. The number of ether oxygens (including phenoxy) is 3. The molecule has 20 heavy (non-hydrogen) atoms. The van der Waals surface area contributed by atoms with Gasteiger partial charge in [0.1, 0.15) is 5.75 Å². The molecule has 0 saturated heterocycles. The summed E-state index contributed by atoms with van der Waals surface area (Å²) in [5, 5.41) is 0. The van der Waals surface area contributed by atoms with Crippen LogP contribution in [0.5, 0.6) is 17.2 Å². The summed E-state index contributed by atoms with van der Waals surface area (Å²) in [6, 6.07) is 3.18. The van der Waals surface area contributed by atoms with Crippen molar-refractivity contribution < 1.29 is 32.2 Å². The highest BCUT2D eigenvalue weighted by Gasteiger charge is 2.27. The van der Waals surface area contributed by atoms with Crippen LogP contribution >= 0.6 is 0 Å². The minimum Gasteiger partial charge on any atom is -0.496 e. The van der Waals surface area contributed by atoms with E-state index in [9.17, 15) is 13.2 Å². The number of halogens is 3. The van der Waals surface area contributed by atoms with Crippen molar-refractivity contribution in [2.24, 2.45) is 0 Å². The minimum absolute atomic E-state index is 0.0274. The molecule has 0 aliphatic rings. The lowest BCUT2D eigenvalue weighted by atomic mass is 10.1. The Kier molecular flexibility index (Phi) is 5.90. The summed E-state index contributed by atoms with van der Waals surface area (Å²) in [5.74, 6) is 1.36. The lowest BCUT2D eigenvalue weighted by Gasteiger charge is -2.14. The van der Waals surface area contributed by atoms with Crippen LogP contribution in [0.2, 0.25) is 0 Å². The van der Waals surface area contributed by atoms with Crippen molar-refractivity contribution in [1.29, 1.82) is 0 Å². The van der Waals surface area contributed by atoms with E-state index in [1.807, 2.05) is 0 Å². The van der Waals surface area contributed by atoms with Gasteiger partial charge in [-0.3, -0.25) is 4.84 Å². The Hall–Kier alpha value is -1.67. The van der Waals surface area contributed by atoms with E-state index in [4.69, 9.17) is 14.2 Å². The maximum atomic E-state index is 11.9. The van der Waals surface area contributed by atoms with E-state index < -0.39 is 12.8 Å². The molecule has 1 aromatic carbocycles. The molecule has 0 aromatic heterocycles. The Bertz CT molecular complexity index is 437. The smallest absolute Gasteiger partial charge is 0.413 e. The van der Waals surface area contributed by atoms with E-state index in [0.717, 1.165) is 0 Å². The normalized spacial score (nSPS) is 11.3. The Morgan fingerprint density at radius 2 is 1.50 bits per heavy atom. The number of alkyl halides is 3. The van der Waals surface area contributed by atoms with Gasteiger partial charge < -0.3 is 14.2 Å². The third-order valence-electron chi connectivity index (χ3n) is 2.39. The second kappa shape index (κ2) is 7.20. The summed E-state index contributed by atoms with van der Waals surface area (Å²) < 4.78 is 51.1. The number of hydroxylamine groups is 1. The second-order valence-corrected chi connectivity index (χ2v) is 3.74. The number of hydrogen-bond acceptors (Lipinski definition) is 5. The van der Waals surface area contributed by atoms with Crippen molar-refractivity contribution in [1.82, 2.24) is 5.48 Å². The maximum Gasteiger partial charge on any atom is 0.413 e. The average Bonchev–Trinajstić information content (AvgIpc) is 2.41. The number of methoxy groups -OCH3 is 3. The van der Waals surface area contributed by atoms with Gasteiger partial charge >= 0.3 is 6.18 Å².